The Morgan fingerprint density at radius 1 is 1.07 bits per heavy atom. The van der Waals surface area contributed by atoms with Crippen LogP contribution in [-0.4, -0.2) is 41.0 Å². The number of halogens is 3. The molecule has 1 aromatic carbocycles. The number of sulfonamides is 1. The minimum atomic E-state index is -5.64. The molecule has 0 bridgehead atoms. The quantitative estimate of drug-likeness (QED) is 0.643. The van der Waals surface area contributed by atoms with Crippen LogP contribution in [0.2, 0.25) is 0 Å². The van der Waals surface area contributed by atoms with Gasteiger partial charge in [0.2, 0.25) is 0 Å². The van der Waals surface area contributed by atoms with Crippen molar-refractivity contribution < 1.29 is 26.4 Å². The molecule has 0 atom stereocenters. The summed E-state index contributed by atoms with van der Waals surface area (Å²) in [6.07, 6.45) is 2.07. The fraction of sp³-hybridized carbons (Fsp3) is 0.188. The SMILES string of the molecule is O=C(NCCc1nnc2ccccn12)c1ccccc1NS(=O)(=O)C(F)(F)F. The number of carbonyl (C=O) groups is 1. The van der Waals surface area contributed by atoms with Gasteiger partial charge in [0.1, 0.15) is 5.82 Å². The van der Waals surface area contributed by atoms with Crippen molar-refractivity contribution in [3.63, 3.8) is 0 Å². The second-order valence-corrected chi connectivity index (χ2v) is 7.32. The molecule has 3 rings (SSSR count). The number of rotatable bonds is 6. The number of nitrogens with zero attached hydrogens (tertiary/aromatic N) is 3. The van der Waals surface area contributed by atoms with E-state index >= 15 is 0 Å². The molecule has 0 spiro atoms. The molecule has 0 unspecified atom stereocenters. The van der Waals surface area contributed by atoms with Crippen LogP contribution in [0.25, 0.3) is 5.65 Å². The number of pyridine rings is 1. The molecule has 12 heteroatoms. The molecule has 28 heavy (non-hydrogen) atoms. The zero-order valence-electron chi connectivity index (χ0n) is 14.1. The summed E-state index contributed by atoms with van der Waals surface area (Å²) in [6.45, 7) is 0.120. The topological polar surface area (TPSA) is 105 Å². The van der Waals surface area contributed by atoms with E-state index in [2.05, 4.69) is 15.5 Å². The highest BCUT2D eigenvalue weighted by molar-refractivity contribution is 7.93. The minimum Gasteiger partial charge on any atom is -0.352 e. The Morgan fingerprint density at radius 2 is 1.79 bits per heavy atom. The summed E-state index contributed by atoms with van der Waals surface area (Å²) in [7, 11) is -5.64. The van der Waals surface area contributed by atoms with Crippen LogP contribution in [0.3, 0.4) is 0 Å². The number of aromatic nitrogens is 3. The van der Waals surface area contributed by atoms with Crippen molar-refractivity contribution in [3.05, 3.63) is 60.0 Å². The number of amides is 1. The molecule has 1 amide bonds. The highest BCUT2D eigenvalue weighted by Crippen LogP contribution is 2.26. The van der Waals surface area contributed by atoms with E-state index in [1.807, 2.05) is 0 Å². The van der Waals surface area contributed by atoms with Crippen molar-refractivity contribution in [2.75, 3.05) is 11.3 Å². The Kier molecular flexibility index (Phi) is 5.23. The number of fused-ring (bicyclic) bond motifs is 1. The van der Waals surface area contributed by atoms with E-state index in [9.17, 15) is 26.4 Å². The molecule has 0 saturated heterocycles. The average molecular weight is 413 g/mol. The molecule has 0 aliphatic heterocycles. The van der Waals surface area contributed by atoms with Gasteiger partial charge in [-0.1, -0.05) is 18.2 Å². The number of hydrogen-bond acceptors (Lipinski definition) is 5. The fourth-order valence-electron chi connectivity index (χ4n) is 2.42. The third-order valence-corrected chi connectivity index (χ3v) is 4.84. The second kappa shape index (κ2) is 7.46. The standard InChI is InChI=1S/C16H14F3N5O3S/c17-16(18,19)28(26,27)23-12-6-2-1-5-11(12)15(25)20-9-8-14-22-21-13-7-3-4-10-24(13)14/h1-7,10,23H,8-9H2,(H,20,25). The summed E-state index contributed by atoms with van der Waals surface area (Å²) in [6, 6.07) is 10.4. The molecule has 0 fully saturated rings. The number of alkyl halides is 3. The van der Waals surface area contributed by atoms with Gasteiger partial charge in [-0.15, -0.1) is 10.2 Å². The van der Waals surface area contributed by atoms with Crippen molar-refractivity contribution in [1.82, 2.24) is 19.9 Å². The number of carbonyl (C=O) groups excluding carboxylic acids is 1. The molecule has 3 aromatic rings. The highest BCUT2D eigenvalue weighted by Gasteiger charge is 2.46. The van der Waals surface area contributed by atoms with Crippen LogP contribution in [0, 0.1) is 0 Å². The second-order valence-electron chi connectivity index (χ2n) is 5.65. The van der Waals surface area contributed by atoms with Gasteiger partial charge in [-0.3, -0.25) is 13.9 Å². The van der Waals surface area contributed by atoms with Crippen LogP contribution < -0.4 is 10.0 Å². The lowest BCUT2D eigenvalue weighted by molar-refractivity contribution is -0.0429. The lowest BCUT2D eigenvalue weighted by Crippen LogP contribution is -2.32. The minimum absolute atomic E-state index is 0.120. The van der Waals surface area contributed by atoms with Gasteiger partial charge in [-0.25, -0.2) is 0 Å². The molecule has 2 heterocycles. The molecule has 0 aliphatic carbocycles. The molecule has 148 valence electrons. The van der Waals surface area contributed by atoms with Crippen molar-refractivity contribution >= 4 is 27.3 Å². The smallest absolute Gasteiger partial charge is 0.352 e. The maximum absolute atomic E-state index is 12.6. The van der Waals surface area contributed by atoms with Crippen LogP contribution in [0.4, 0.5) is 18.9 Å². The molecule has 0 aliphatic rings. The largest absolute Gasteiger partial charge is 0.516 e. The van der Waals surface area contributed by atoms with E-state index in [-0.39, 0.29) is 12.1 Å². The molecule has 8 nitrogen and oxygen atoms in total. The Morgan fingerprint density at radius 3 is 2.54 bits per heavy atom. The van der Waals surface area contributed by atoms with Gasteiger partial charge in [0.15, 0.2) is 5.65 Å². The van der Waals surface area contributed by atoms with E-state index in [0.717, 1.165) is 6.07 Å². The van der Waals surface area contributed by atoms with Gasteiger partial charge in [0, 0.05) is 19.2 Å². The van der Waals surface area contributed by atoms with E-state index in [4.69, 9.17) is 0 Å². The van der Waals surface area contributed by atoms with Crippen molar-refractivity contribution in [2.24, 2.45) is 0 Å². The molecule has 0 saturated carbocycles. The predicted molar refractivity (Wildman–Crippen MR) is 94.1 cm³/mol. The Balaban J connectivity index is 1.70. The lowest BCUT2D eigenvalue weighted by atomic mass is 10.1. The first-order valence-electron chi connectivity index (χ1n) is 7.94. The number of para-hydroxylation sites is 1. The highest BCUT2D eigenvalue weighted by atomic mass is 32.2. The summed E-state index contributed by atoms with van der Waals surface area (Å²) in [4.78, 5) is 12.3. The average Bonchev–Trinajstić information content (AvgIpc) is 3.04. The third-order valence-electron chi connectivity index (χ3n) is 3.74. The summed E-state index contributed by atoms with van der Waals surface area (Å²) < 4.78 is 63.5. The monoisotopic (exact) mass is 413 g/mol. The normalized spacial score (nSPS) is 12.1. The summed E-state index contributed by atoms with van der Waals surface area (Å²) in [5.74, 6) is -0.142. The van der Waals surface area contributed by atoms with E-state index in [1.165, 1.54) is 22.9 Å². The summed E-state index contributed by atoms with van der Waals surface area (Å²) in [5, 5.41) is 10.5. The number of hydrogen-bond donors (Lipinski definition) is 2. The van der Waals surface area contributed by atoms with E-state index in [0.29, 0.717) is 17.9 Å². The van der Waals surface area contributed by atoms with E-state index < -0.39 is 27.1 Å². The zero-order valence-corrected chi connectivity index (χ0v) is 15.0. The molecule has 2 N–H and O–H groups in total. The number of anilines is 1. The van der Waals surface area contributed by atoms with Crippen LogP contribution in [-0.2, 0) is 16.4 Å². The van der Waals surface area contributed by atoms with Crippen LogP contribution in [0.1, 0.15) is 16.2 Å². The van der Waals surface area contributed by atoms with Crippen LogP contribution >= 0.6 is 0 Å². The van der Waals surface area contributed by atoms with Crippen molar-refractivity contribution in [2.45, 2.75) is 11.9 Å². The Hall–Kier alpha value is -3.15. The Bertz CT molecular complexity index is 1110. The molecule has 2 aromatic heterocycles. The molecule has 0 radical (unpaired) electrons. The fourth-order valence-corrected chi connectivity index (χ4v) is 3.00. The maximum atomic E-state index is 12.6. The van der Waals surface area contributed by atoms with Crippen LogP contribution in [0.5, 0.6) is 0 Å². The van der Waals surface area contributed by atoms with Gasteiger partial charge in [-0.2, -0.15) is 21.6 Å². The first kappa shape index (κ1) is 19.6. The van der Waals surface area contributed by atoms with Gasteiger partial charge in [0.25, 0.3) is 5.91 Å². The third kappa shape index (κ3) is 4.06. The first-order chi connectivity index (χ1) is 13.2. The van der Waals surface area contributed by atoms with Crippen molar-refractivity contribution in [3.8, 4) is 0 Å². The zero-order chi connectivity index (χ0) is 20.4. The number of benzene rings is 1. The van der Waals surface area contributed by atoms with Crippen molar-refractivity contribution in [1.29, 1.82) is 0 Å². The maximum Gasteiger partial charge on any atom is 0.516 e. The first-order valence-corrected chi connectivity index (χ1v) is 9.42. The van der Waals surface area contributed by atoms with Gasteiger partial charge >= 0.3 is 15.5 Å². The summed E-state index contributed by atoms with van der Waals surface area (Å²) in [5.41, 5.74) is -5.56. The van der Waals surface area contributed by atoms with Gasteiger partial charge < -0.3 is 5.32 Å². The molecular formula is C16H14F3N5O3S. The number of nitrogens with one attached hydrogen (secondary N) is 2. The van der Waals surface area contributed by atoms with E-state index in [1.54, 1.807) is 28.8 Å². The Labute approximate surface area is 157 Å². The predicted octanol–water partition coefficient (Wildman–Crippen LogP) is 1.96. The van der Waals surface area contributed by atoms with Crippen LogP contribution in [0.15, 0.2) is 48.7 Å². The summed E-state index contributed by atoms with van der Waals surface area (Å²) >= 11 is 0. The van der Waals surface area contributed by atoms with Gasteiger partial charge in [-0.05, 0) is 24.3 Å². The van der Waals surface area contributed by atoms with Gasteiger partial charge in [0.05, 0.1) is 11.3 Å². The molecular weight excluding hydrogens is 399 g/mol. The lowest BCUT2D eigenvalue weighted by Gasteiger charge is -2.14.